The van der Waals surface area contributed by atoms with Crippen LogP contribution in [0, 0.1) is 0 Å². The van der Waals surface area contributed by atoms with Gasteiger partial charge in [-0.2, -0.15) is 0 Å². The van der Waals surface area contributed by atoms with Crippen molar-refractivity contribution in [3.63, 3.8) is 0 Å². The number of amides is 1. The largest absolute Gasteiger partial charge is 0.358 e. The smallest absolute Gasteiger partial charge is 0.239 e. The Morgan fingerprint density at radius 3 is 2.71 bits per heavy atom. The van der Waals surface area contributed by atoms with E-state index in [4.69, 9.17) is 5.73 Å². The van der Waals surface area contributed by atoms with Gasteiger partial charge >= 0.3 is 0 Å². The van der Waals surface area contributed by atoms with Gasteiger partial charge in [0.15, 0.2) is 0 Å². The number of hydrogen-bond acceptors (Lipinski definition) is 5. The number of nitrogens with one attached hydrogen (secondary N) is 1. The summed E-state index contributed by atoms with van der Waals surface area (Å²) in [5, 5.41) is 2.60. The molecule has 1 rings (SSSR count). The Hall–Kier alpha value is -1.69. The molecule has 94 valence electrons. The van der Waals surface area contributed by atoms with Gasteiger partial charge in [0.1, 0.15) is 5.82 Å². The van der Waals surface area contributed by atoms with Crippen molar-refractivity contribution >= 4 is 11.7 Å². The third kappa shape index (κ3) is 3.99. The van der Waals surface area contributed by atoms with Crippen LogP contribution in [0.3, 0.4) is 0 Å². The number of likely N-dealkylation sites (N-methyl/N-ethyl adjacent to an activating group) is 1. The number of carbonyl (C=O) groups excluding carboxylic acids is 1. The van der Waals surface area contributed by atoms with Gasteiger partial charge in [0.05, 0.1) is 24.6 Å². The summed E-state index contributed by atoms with van der Waals surface area (Å²) in [7, 11) is 1.62. The second-order valence-corrected chi connectivity index (χ2v) is 3.66. The van der Waals surface area contributed by atoms with Crippen molar-refractivity contribution < 1.29 is 4.79 Å². The number of hydrogen-bond donors (Lipinski definition) is 2. The van der Waals surface area contributed by atoms with Crippen LogP contribution in [0.4, 0.5) is 5.82 Å². The highest BCUT2D eigenvalue weighted by Crippen LogP contribution is 2.09. The van der Waals surface area contributed by atoms with Crippen molar-refractivity contribution in [2.24, 2.45) is 5.73 Å². The van der Waals surface area contributed by atoms with Gasteiger partial charge in [-0.1, -0.05) is 6.92 Å². The fourth-order valence-electron chi connectivity index (χ4n) is 1.41. The van der Waals surface area contributed by atoms with Crippen LogP contribution >= 0.6 is 0 Å². The summed E-state index contributed by atoms with van der Waals surface area (Å²) in [5.74, 6) is 0.663. The predicted molar refractivity (Wildman–Crippen MR) is 66.5 cm³/mol. The molecular weight excluding hydrogens is 218 g/mol. The molecule has 0 bridgehead atoms. The summed E-state index contributed by atoms with van der Waals surface area (Å²) in [6.07, 6.45) is 4.24. The van der Waals surface area contributed by atoms with E-state index in [-0.39, 0.29) is 5.91 Å². The molecule has 17 heavy (non-hydrogen) atoms. The summed E-state index contributed by atoms with van der Waals surface area (Å²) >= 11 is 0. The Morgan fingerprint density at radius 1 is 1.47 bits per heavy atom. The zero-order valence-corrected chi connectivity index (χ0v) is 10.3. The quantitative estimate of drug-likeness (QED) is 0.721. The second kappa shape index (κ2) is 6.80. The van der Waals surface area contributed by atoms with Gasteiger partial charge in [0.2, 0.25) is 5.91 Å². The summed E-state index contributed by atoms with van der Waals surface area (Å²) < 4.78 is 0. The van der Waals surface area contributed by atoms with Crippen LogP contribution in [-0.4, -0.2) is 36.0 Å². The van der Waals surface area contributed by atoms with Crippen LogP contribution in [0.2, 0.25) is 0 Å². The topological polar surface area (TPSA) is 84.1 Å². The first kappa shape index (κ1) is 13.4. The first-order valence-electron chi connectivity index (χ1n) is 5.67. The van der Waals surface area contributed by atoms with Crippen molar-refractivity contribution in [2.75, 3.05) is 25.0 Å². The van der Waals surface area contributed by atoms with Gasteiger partial charge in [0.25, 0.3) is 0 Å². The lowest BCUT2D eigenvalue weighted by atomic mass is 10.3. The lowest BCUT2D eigenvalue weighted by Gasteiger charge is -2.21. The molecule has 0 saturated heterocycles. The minimum absolute atomic E-state index is 0.0387. The molecule has 0 aliphatic carbocycles. The first-order chi connectivity index (χ1) is 8.21. The molecule has 0 saturated carbocycles. The number of rotatable bonds is 6. The van der Waals surface area contributed by atoms with E-state index in [1.807, 2.05) is 4.90 Å². The molecule has 6 heteroatoms. The maximum absolute atomic E-state index is 11.4. The fourth-order valence-corrected chi connectivity index (χ4v) is 1.41. The fraction of sp³-hybridized carbons (Fsp3) is 0.545. The molecule has 3 N–H and O–H groups in total. The molecule has 0 radical (unpaired) electrons. The number of anilines is 1. The van der Waals surface area contributed by atoms with E-state index in [9.17, 15) is 4.79 Å². The summed E-state index contributed by atoms with van der Waals surface area (Å²) in [4.78, 5) is 21.7. The summed E-state index contributed by atoms with van der Waals surface area (Å²) in [6, 6.07) is 0. The zero-order valence-electron chi connectivity index (χ0n) is 10.3. The average Bonchev–Trinajstić information content (AvgIpc) is 2.38. The monoisotopic (exact) mass is 237 g/mol. The van der Waals surface area contributed by atoms with Crippen molar-refractivity contribution in [1.29, 1.82) is 0 Å². The van der Waals surface area contributed by atoms with E-state index < -0.39 is 0 Å². The molecule has 0 fully saturated rings. The van der Waals surface area contributed by atoms with Crippen LogP contribution in [-0.2, 0) is 11.3 Å². The normalized spacial score (nSPS) is 10.1. The van der Waals surface area contributed by atoms with E-state index in [0.717, 1.165) is 18.7 Å². The molecule has 0 unspecified atom stereocenters. The van der Waals surface area contributed by atoms with Gasteiger partial charge in [0, 0.05) is 20.1 Å². The highest BCUT2D eigenvalue weighted by atomic mass is 16.1. The highest BCUT2D eigenvalue weighted by Gasteiger charge is 2.11. The Bertz CT molecular complexity index is 351. The van der Waals surface area contributed by atoms with E-state index >= 15 is 0 Å². The molecule has 6 nitrogen and oxygen atoms in total. The SMILES string of the molecule is CCCN(CC(=O)NC)c1cnc(CN)cn1. The van der Waals surface area contributed by atoms with Crippen molar-refractivity contribution in [1.82, 2.24) is 15.3 Å². The highest BCUT2D eigenvalue weighted by molar-refractivity contribution is 5.80. The van der Waals surface area contributed by atoms with Crippen molar-refractivity contribution in [3.8, 4) is 0 Å². The molecule has 1 aromatic heterocycles. The van der Waals surface area contributed by atoms with Crippen LogP contribution in [0.1, 0.15) is 19.0 Å². The number of nitrogens with two attached hydrogens (primary N) is 1. The Kier molecular flexibility index (Phi) is 5.35. The Morgan fingerprint density at radius 2 is 2.24 bits per heavy atom. The Balaban J connectivity index is 2.77. The van der Waals surface area contributed by atoms with Crippen LogP contribution in [0.25, 0.3) is 0 Å². The molecule has 0 atom stereocenters. The standard InChI is InChI=1S/C11H19N5O/c1-3-4-16(8-11(17)13-2)10-7-14-9(5-12)6-15-10/h6-7H,3-5,8,12H2,1-2H3,(H,13,17). The van der Waals surface area contributed by atoms with Crippen LogP contribution in [0.5, 0.6) is 0 Å². The first-order valence-corrected chi connectivity index (χ1v) is 5.67. The zero-order chi connectivity index (χ0) is 12.7. The number of nitrogens with zero attached hydrogens (tertiary/aromatic N) is 3. The van der Waals surface area contributed by atoms with E-state index in [2.05, 4.69) is 22.2 Å². The second-order valence-electron chi connectivity index (χ2n) is 3.66. The molecule has 0 spiro atoms. The molecule has 1 aromatic rings. The molecule has 0 aliphatic heterocycles. The summed E-state index contributed by atoms with van der Waals surface area (Å²) in [6.45, 7) is 3.49. The lowest BCUT2D eigenvalue weighted by Crippen LogP contribution is -2.36. The third-order valence-corrected chi connectivity index (χ3v) is 2.33. The average molecular weight is 237 g/mol. The predicted octanol–water partition coefficient (Wildman–Crippen LogP) is -0.102. The molecule has 1 amide bonds. The minimum atomic E-state index is -0.0387. The van der Waals surface area contributed by atoms with Gasteiger partial charge in [-0.05, 0) is 6.42 Å². The van der Waals surface area contributed by atoms with Gasteiger partial charge in [-0.3, -0.25) is 9.78 Å². The Labute approximate surface area is 101 Å². The molecule has 0 aromatic carbocycles. The van der Waals surface area contributed by atoms with E-state index in [1.165, 1.54) is 0 Å². The number of carbonyl (C=O) groups is 1. The van der Waals surface area contributed by atoms with E-state index in [0.29, 0.717) is 18.9 Å². The van der Waals surface area contributed by atoms with Crippen LogP contribution in [0.15, 0.2) is 12.4 Å². The lowest BCUT2D eigenvalue weighted by molar-refractivity contribution is -0.119. The van der Waals surface area contributed by atoms with Crippen molar-refractivity contribution in [3.05, 3.63) is 18.1 Å². The maximum atomic E-state index is 11.4. The van der Waals surface area contributed by atoms with Gasteiger partial charge < -0.3 is 16.0 Å². The van der Waals surface area contributed by atoms with E-state index in [1.54, 1.807) is 19.4 Å². The minimum Gasteiger partial charge on any atom is -0.358 e. The van der Waals surface area contributed by atoms with Gasteiger partial charge in [-0.15, -0.1) is 0 Å². The number of aromatic nitrogens is 2. The van der Waals surface area contributed by atoms with Crippen molar-refractivity contribution in [2.45, 2.75) is 19.9 Å². The maximum Gasteiger partial charge on any atom is 0.239 e. The summed E-state index contributed by atoms with van der Waals surface area (Å²) in [5.41, 5.74) is 6.20. The third-order valence-electron chi connectivity index (χ3n) is 2.33. The van der Waals surface area contributed by atoms with Gasteiger partial charge in [-0.25, -0.2) is 4.98 Å². The molecule has 1 heterocycles. The molecular formula is C11H19N5O. The molecule has 0 aliphatic rings. The van der Waals surface area contributed by atoms with Crippen LogP contribution < -0.4 is 16.0 Å².